The second kappa shape index (κ2) is 9.47. The van der Waals surface area contributed by atoms with Crippen LogP contribution >= 0.6 is 0 Å². The molecule has 5 aromatic rings. The molecule has 2 atom stereocenters. The van der Waals surface area contributed by atoms with Gasteiger partial charge >= 0.3 is 0 Å². The summed E-state index contributed by atoms with van der Waals surface area (Å²) in [5, 5.41) is 13.8. The summed E-state index contributed by atoms with van der Waals surface area (Å²) in [5.74, 6) is 0.935. The maximum atomic E-state index is 11.5. The van der Waals surface area contributed by atoms with Crippen LogP contribution < -0.4 is 0 Å². The molecule has 0 radical (unpaired) electrons. The van der Waals surface area contributed by atoms with Gasteiger partial charge in [-0.3, -0.25) is 9.19 Å². The first-order valence-corrected chi connectivity index (χ1v) is 13.5. The molecule has 0 N–H and O–H groups in total. The standard InChI is InChI=1S/C26H28N6O4S/c1-15-10-21(29-36-15)26(18-6-8-35-9-7-18)32-22-11-17(14-37(33)34)4-5-20(22)24-23(32)12-19(13-27-24)25-16(2)28-30-31(25)3/h4-5,10-13,18,26H,6-9,14H2,1-3H3,(H,33,34)/p-1. The molecule has 5 heterocycles. The predicted octanol–water partition coefficient (Wildman–Crippen LogP) is 3.98. The summed E-state index contributed by atoms with van der Waals surface area (Å²) >= 11 is -2.20. The fraction of sp³-hybridized carbons (Fsp3) is 0.385. The fourth-order valence-electron chi connectivity index (χ4n) is 5.60. The van der Waals surface area contributed by atoms with Gasteiger partial charge in [-0.1, -0.05) is 33.6 Å². The summed E-state index contributed by atoms with van der Waals surface area (Å²) < 4.78 is 38.3. The van der Waals surface area contributed by atoms with E-state index >= 15 is 0 Å². The molecule has 10 nitrogen and oxygen atoms in total. The second-order valence-corrected chi connectivity index (χ2v) is 10.6. The number of aromatic nitrogens is 6. The number of nitrogens with zero attached hydrogens (tertiary/aromatic N) is 6. The molecular weight excluding hydrogens is 492 g/mol. The van der Waals surface area contributed by atoms with Gasteiger partial charge in [-0.05, 0) is 50.3 Å². The van der Waals surface area contributed by atoms with Gasteiger partial charge in [-0.15, -0.1) is 5.10 Å². The van der Waals surface area contributed by atoms with Gasteiger partial charge < -0.3 is 18.4 Å². The van der Waals surface area contributed by atoms with Crippen molar-refractivity contribution in [1.82, 2.24) is 29.7 Å². The van der Waals surface area contributed by atoms with Gasteiger partial charge in [0.2, 0.25) is 0 Å². The van der Waals surface area contributed by atoms with E-state index < -0.39 is 11.1 Å². The summed E-state index contributed by atoms with van der Waals surface area (Å²) in [6, 6.07) is 9.75. The fourth-order valence-corrected chi connectivity index (χ4v) is 6.05. The van der Waals surface area contributed by atoms with E-state index in [0.29, 0.717) is 13.2 Å². The Morgan fingerprint density at radius 3 is 2.65 bits per heavy atom. The third-order valence-electron chi connectivity index (χ3n) is 7.20. The van der Waals surface area contributed by atoms with Gasteiger partial charge in [0.05, 0.1) is 34.0 Å². The Labute approximate surface area is 215 Å². The number of aryl methyl sites for hydroxylation is 3. The van der Waals surface area contributed by atoms with Crippen LogP contribution in [0.4, 0.5) is 0 Å². The van der Waals surface area contributed by atoms with Crippen molar-refractivity contribution in [2.75, 3.05) is 13.2 Å². The molecule has 1 fully saturated rings. The lowest BCUT2D eigenvalue weighted by Crippen LogP contribution is -2.27. The zero-order chi connectivity index (χ0) is 25.7. The average molecular weight is 520 g/mol. The lowest BCUT2D eigenvalue weighted by Gasteiger charge is -2.31. The molecule has 37 heavy (non-hydrogen) atoms. The van der Waals surface area contributed by atoms with Crippen LogP contribution in [0.25, 0.3) is 33.2 Å². The number of hydrogen-bond acceptors (Lipinski definition) is 8. The molecule has 1 aromatic carbocycles. The molecule has 2 unspecified atom stereocenters. The minimum absolute atomic E-state index is 0.0545. The highest BCUT2D eigenvalue weighted by Gasteiger charge is 2.32. The molecule has 1 aliphatic rings. The summed E-state index contributed by atoms with van der Waals surface area (Å²) in [7, 11) is 1.87. The van der Waals surface area contributed by atoms with Gasteiger partial charge in [-0.25, -0.2) is 4.68 Å². The van der Waals surface area contributed by atoms with Crippen LogP contribution in [0.5, 0.6) is 0 Å². The Hall–Kier alpha value is -3.41. The topological polar surface area (TPSA) is 124 Å². The average Bonchev–Trinajstić information content (AvgIpc) is 3.55. The van der Waals surface area contributed by atoms with E-state index in [0.717, 1.165) is 68.7 Å². The molecule has 0 spiro atoms. The minimum Gasteiger partial charge on any atom is -0.772 e. The summed E-state index contributed by atoms with van der Waals surface area (Å²) in [6.45, 7) is 5.18. The molecule has 0 aliphatic carbocycles. The molecule has 11 heteroatoms. The Morgan fingerprint density at radius 1 is 1.16 bits per heavy atom. The van der Waals surface area contributed by atoms with Crippen molar-refractivity contribution in [2.24, 2.45) is 13.0 Å². The summed E-state index contributed by atoms with van der Waals surface area (Å²) in [5.41, 5.74) is 6.88. The van der Waals surface area contributed by atoms with Gasteiger partial charge in [0.25, 0.3) is 0 Å². The SMILES string of the molecule is Cc1cc(C(C2CCOCC2)n2c3cc(CS(=O)[O-])ccc3c3ncc(-c4c(C)nnn4C)cc32)no1. The van der Waals surface area contributed by atoms with Crippen LogP contribution in [0.2, 0.25) is 0 Å². The van der Waals surface area contributed by atoms with Gasteiger partial charge in [0.1, 0.15) is 11.5 Å². The lowest BCUT2D eigenvalue weighted by molar-refractivity contribution is 0.0543. The smallest absolute Gasteiger partial charge is 0.134 e. The Morgan fingerprint density at radius 2 is 1.97 bits per heavy atom. The number of ether oxygens (including phenoxy) is 1. The van der Waals surface area contributed by atoms with Crippen molar-refractivity contribution in [3.05, 3.63) is 59.2 Å². The van der Waals surface area contributed by atoms with Crippen molar-refractivity contribution in [3.8, 4) is 11.3 Å². The van der Waals surface area contributed by atoms with Crippen LogP contribution in [0.1, 0.15) is 41.6 Å². The molecule has 1 aliphatic heterocycles. The van der Waals surface area contributed by atoms with Crippen molar-refractivity contribution in [3.63, 3.8) is 0 Å². The minimum atomic E-state index is -2.20. The second-order valence-electron chi connectivity index (χ2n) is 9.67. The van der Waals surface area contributed by atoms with E-state index in [1.54, 1.807) is 4.68 Å². The Bertz CT molecular complexity index is 1610. The van der Waals surface area contributed by atoms with E-state index in [1.807, 2.05) is 51.4 Å². The highest BCUT2D eigenvalue weighted by Crippen LogP contribution is 2.41. The number of hydrogen-bond donors (Lipinski definition) is 0. The van der Waals surface area contributed by atoms with E-state index in [9.17, 15) is 8.76 Å². The van der Waals surface area contributed by atoms with Gasteiger partial charge in [-0.2, -0.15) is 0 Å². The molecule has 1 saturated heterocycles. The monoisotopic (exact) mass is 519 g/mol. The number of rotatable bonds is 6. The quantitative estimate of drug-likeness (QED) is 0.309. The van der Waals surface area contributed by atoms with E-state index in [-0.39, 0.29) is 17.7 Å². The first-order valence-electron chi connectivity index (χ1n) is 12.3. The van der Waals surface area contributed by atoms with Gasteiger partial charge in [0.15, 0.2) is 0 Å². The van der Waals surface area contributed by atoms with E-state index in [4.69, 9.17) is 14.2 Å². The van der Waals surface area contributed by atoms with E-state index in [2.05, 4.69) is 26.1 Å². The lowest BCUT2D eigenvalue weighted by atomic mass is 9.89. The molecular formula is C26H27N6O4S-. The zero-order valence-electron chi connectivity index (χ0n) is 20.9. The van der Waals surface area contributed by atoms with Crippen LogP contribution in [-0.4, -0.2) is 51.7 Å². The highest BCUT2D eigenvalue weighted by atomic mass is 32.2. The van der Waals surface area contributed by atoms with Gasteiger partial charge in [0, 0.05) is 49.2 Å². The third kappa shape index (κ3) is 4.26. The maximum Gasteiger partial charge on any atom is 0.134 e. The van der Waals surface area contributed by atoms with Crippen LogP contribution in [-0.2, 0) is 28.6 Å². The van der Waals surface area contributed by atoms with Crippen molar-refractivity contribution >= 4 is 33.0 Å². The van der Waals surface area contributed by atoms with Crippen LogP contribution in [0.15, 0.2) is 41.1 Å². The molecule has 0 saturated carbocycles. The van der Waals surface area contributed by atoms with Crippen molar-refractivity contribution in [1.29, 1.82) is 0 Å². The van der Waals surface area contributed by atoms with E-state index in [1.165, 1.54) is 0 Å². The molecule has 6 rings (SSSR count). The van der Waals surface area contributed by atoms with Crippen LogP contribution in [0, 0.1) is 19.8 Å². The first-order chi connectivity index (χ1) is 17.9. The molecule has 0 amide bonds. The molecule has 192 valence electrons. The predicted molar refractivity (Wildman–Crippen MR) is 138 cm³/mol. The number of benzene rings is 1. The summed E-state index contributed by atoms with van der Waals surface area (Å²) in [6.07, 6.45) is 3.60. The zero-order valence-corrected chi connectivity index (χ0v) is 21.7. The number of pyridine rings is 1. The number of fused-ring (bicyclic) bond motifs is 3. The molecule has 4 aromatic heterocycles. The highest BCUT2D eigenvalue weighted by molar-refractivity contribution is 7.78. The Balaban J connectivity index is 1.66. The van der Waals surface area contributed by atoms with Crippen LogP contribution in [0.3, 0.4) is 0 Å². The summed E-state index contributed by atoms with van der Waals surface area (Å²) in [4.78, 5) is 4.91. The maximum absolute atomic E-state index is 11.5. The first kappa shape index (κ1) is 24.0. The van der Waals surface area contributed by atoms with Crippen molar-refractivity contribution in [2.45, 2.75) is 38.5 Å². The Kier molecular flexibility index (Phi) is 6.13. The third-order valence-corrected chi connectivity index (χ3v) is 7.77. The normalized spacial score (nSPS) is 16.5. The molecule has 0 bridgehead atoms. The largest absolute Gasteiger partial charge is 0.772 e. The van der Waals surface area contributed by atoms with Crippen molar-refractivity contribution < 1.29 is 18.0 Å².